The Morgan fingerprint density at radius 3 is 2.55 bits per heavy atom. The summed E-state index contributed by atoms with van der Waals surface area (Å²) in [5.74, 6) is -0.534. The predicted molar refractivity (Wildman–Crippen MR) is 112 cm³/mol. The summed E-state index contributed by atoms with van der Waals surface area (Å²) in [6.07, 6.45) is 4.57. The molecule has 1 fully saturated rings. The SMILES string of the molecule is CS(=O)(=O)N1CCCc2cc(C(=O)Nc3ccccc3C(=O)NC3CC3)ccc21. The average molecular weight is 413 g/mol. The van der Waals surface area contributed by atoms with Gasteiger partial charge in [-0.15, -0.1) is 0 Å². The Hall–Kier alpha value is -2.87. The van der Waals surface area contributed by atoms with E-state index in [0.29, 0.717) is 41.9 Å². The van der Waals surface area contributed by atoms with Crippen LogP contribution in [0.1, 0.15) is 45.5 Å². The molecule has 2 N–H and O–H groups in total. The zero-order valence-corrected chi connectivity index (χ0v) is 17.0. The molecule has 2 amide bonds. The van der Waals surface area contributed by atoms with Crippen molar-refractivity contribution in [3.05, 3.63) is 59.2 Å². The third-order valence-electron chi connectivity index (χ3n) is 5.15. The van der Waals surface area contributed by atoms with Gasteiger partial charge in [0.1, 0.15) is 0 Å². The average Bonchev–Trinajstić information content (AvgIpc) is 3.50. The van der Waals surface area contributed by atoms with Gasteiger partial charge in [0.25, 0.3) is 11.8 Å². The quantitative estimate of drug-likeness (QED) is 0.787. The van der Waals surface area contributed by atoms with Crippen LogP contribution >= 0.6 is 0 Å². The van der Waals surface area contributed by atoms with Crippen LogP contribution in [0.2, 0.25) is 0 Å². The standard InChI is InChI=1S/C21H23N3O4S/c1-29(27,28)24-12-4-5-14-13-15(8-11-19(14)24)20(25)23-18-7-3-2-6-17(18)21(26)22-16-9-10-16/h2-3,6-8,11,13,16H,4-5,9-10,12H2,1H3,(H,22,26)(H,23,25). The molecule has 2 aromatic rings. The number of amides is 2. The number of anilines is 2. The van der Waals surface area contributed by atoms with Gasteiger partial charge in [-0.25, -0.2) is 8.42 Å². The Morgan fingerprint density at radius 1 is 1.07 bits per heavy atom. The molecule has 2 aromatic carbocycles. The van der Waals surface area contributed by atoms with Crippen LogP contribution in [0, 0.1) is 0 Å². The summed E-state index contributed by atoms with van der Waals surface area (Å²) in [6.45, 7) is 0.445. The lowest BCUT2D eigenvalue weighted by Gasteiger charge is -2.29. The minimum Gasteiger partial charge on any atom is -0.349 e. The fourth-order valence-electron chi connectivity index (χ4n) is 3.52. The maximum Gasteiger partial charge on any atom is 0.255 e. The Kier molecular flexibility index (Phi) is 5.04. The first-order chi connectivity index (χ1) is 13.8. The first kappa shape index (κ1) is 19.4. The lowest BCUT2D eigenvalue weighted by atomic mass is 10.0. The third-order valence-corrected chi connectivity index (χ3v) is 6.33. The lowest BCUT2D eigenvalue weighted by molar-refractivity contribution is 0.0952. The molecule has 1 aliphatic heterocycles. The van der Waals surface area contributed by atoms with Crippen molar-refractivity contribution in [3.8, 4) is 0 Å². The van der Waals surface area contributed by atoms with Crippen LogP contribution in [0.15, 0.2) is 42.5 Å². The fraction of sp³-hybridized carbons (Fsp3) is 0.333. The molecule has 0 saturated heterocycles. The van der Waals surface area contributed by atoms with Gasteiger partial charge in [0, 0.05) is 18.2 Å². The molecule has 0 spiro atoms. The zero-order chi connectivity index (χ0) is 20.6. The van der Waals surface area contributed by atoms with Crippen LogP contribution in [0.5, 0.6) is 0 Å². The van der Waals surface area contributed by atoms with Crippen molar-refractivity contribution in [1.29, 1.82) is 0 Å². The Morgan fingerprint density at radius 2 is 1.83 bits per heavy atom. The smallest absolute Gasteiger partial charge is 0.255 e. The number of aryl methyl sites for hydroxylation is 1. The molecule has 0 unspecified atom stereocenters. The number of hydrogen-bond donors (Lipinski definition) is 2. The fourth-order valence-corrected chi connectivity index (χ4v) is 4.52. The van der Waals surface area contributed by atoms with Crippen molar-refractivity contribution in [2.45, 2.75) is 31.7 Å². The van der Waals surface area contributed by atoms with E-state index in [-0.39, 0.29) is 17.9 Å². The van der Waals surface area contributed by atoms with Gasteiger partial charge in [0.15, 0.2) is 0 Å². The summed E-state index contributed by atoms with van der Waals surface area (Å²) in [7, 11) is -3.35. The minimum atomic E-state index is -3.35. The number of carbonyl (C=O) groups excluding carboxylic acids is 2. The van der Waals surface area contributed by atoms with Crippen molar-refractivity contribution < 1.29 is 18.0 Å². The van der Waals surface area contributed by atoms with E-state index in [4.69, 9.17) is 0 Å². The Bertz CT molecular complexity index is 1080. The molecule has 1 saturated carbocycles. The third kappa shape index (κ3) is 4.27. The molecule has 1 aliphatic carbocycles. The lowest BCUT2D eigenvalue weighted by Crippen LogP contribution is -2.34. The van der Waals surface area contributed by atoms with Gasteiger partial charge in [-0.1, -0.05) is 12.1 Å². The van der Waals surface area contributed by atoms with Gasteiger partial charge in [0.05, 0.1) is 23.2 Å². The molecule has 7 nitrogen and oxygen atoms in total. The van der Waals surface area contributed by atoms with Crippen molar-refractivity contribution in [2.24, 2.45) is 0 Å². The van der Waals surface area contributed by atoms with E-state index in [1.165, 1.54) is 10.6 Å². The van der Waals surface area contributed by atoms with Gasteiger partial charge < -0.3 is 10.6 Å². The van der Waals surface area contributed by atoms with Crippen molar-refractivity contribution >= 4 is 33.2 Å². The molecule has 0 bridgehead atoms. The van der Waals surface area contributed by atoms with Gasteiger partial charge in [-0.05, 0) is 61.6 Å². The molecule has 152 valence electrons. The van der Waals surface area contributed by atoms with E-state index in [2.05, 4.69) is 10.6 Å². The molecule has 2 aliphatic rings. The summed E-state index contributed by atoms with van der Waals surface area (Å²) in [6, 6.07) is 12.2. The maximum atomic E-state index is 12.8. The van der Waals surface area contributed by atoms with Crippen LogP contribution < -0.4 is 14.9 Å². The summed E-state index contributed by atoms with van der Waals surface area (Å²) >= 11 is 0. The number of hydrogen-bond acceptors (Lipinski definition) is 4. The molecule has 1 heterocycles. The molecular weight excluding hydrogens is 390 g/mol. The first-order valence-corrected chi connectivity index (χ1v) is 11.5. The number of benzene rings is 2. The highest BCUT2D eigenvalue weighted by atomic mass is 32.2. The van der Waals surface area contributed by atoms with E-state index in [9.17, 15) is 18.0 Å². The van der Waals surface area contributed by atoms with Gasteiger partial charge in [0.2, 0.25) is 10.0 Å². The van der Waals surface area contributed by atoms with E-state index >= 15 is 0 Å². The number of sulfonamides is 1. The molecule has 0 atom stereocenters. The summed E-state index contributed by atoms with van der Waals surface area (Å²) < 4.78 is 25.4. The van der Waals surface area contributed by atoms with Crippen LogP contribution in [0.25, 0.3) is 0 Å². The second kappa shape index (κ2) is 7.51. The molecule has 0 radical (unpaired) electrons. The largest absolute Gasteiger partial charge is 0.349 e. The monoisotopic (exact) mass is 413 g/mol. The van der Waals surface area contributed by atoms with E-state index in [1.54, 1.807) is 42.5 Å². The van der Waals surface area contributed by atoms with Crippen LogP contribution in [-0.2, 0) is 16.4 Å². The van der Waals surface area contributed by atoms with E-state index < -0.39 is 10.0 Å². The van der Waals surface area contributed by atoms with Crippen molar-refractivity contribution in [3.63, 3.8) is 0 Å². The van der Waals surface area contributed by atoms with Crippen molar-refractivity contribution in [2.75, 3.05) is 22.4 Å². The van der Waals surface area contributed by atoms with Gasteiger partial charge >= 0.3 is 0 Å². The van der Waals surface area contributed by atoms with Gasteiger partial charge in [-0.3, -0.25) is 13.9 Å². The maximum absolute atomic E-state index is 12.8. The first-order valence-electron chi connectivity index (χ1n) is 9.65. The number of rotatable bonds is 5. The van der Waals surface area contributed by atoms with E-state index in [1.807, 2.05) is 0 Å². The topological polar surface area (TPSA) is 95.6 Å². The number of fused-ring (bicyclic) bond motifs is 1. The second-order valence-corrected chi connectivity index (χ2v) is 9.44. The number of carbonyl (C=O) groups is 2. The van der Waals surface area contributed by atoms with Gasteiger partial charge in [-0.2, -0.15) is 0 Å². The highest BCUT2D eigenvalue weighted by molar-refractivity contribution is 7.92. The second-order valence-electron chi connectivity index (χ2n) is 7.53. The predicted octanol–water partition coefficient (Wildman–Crippen LogP) is 2.54. The Labute approximate surface area is 170 Å². The molecule has 8 heteroatoms. The molecule has 29 heavy (non-hydrogen) atoms. The highest BCUT2D eigenvalue weighted by Crippen LogP contribution is 2.30. The number of para-hydroxylation sites is 1. The summed E-state index contributed by atoms with van der Waals surface area (Å²) in [5, 5.41) is 5.75. The normalized spacial score (nSPS) is 16.1. The summed E-state index contributed by atoms with van der Waals surface area (Å²) in [5.41, 5.74) is 2.75. The number of nitrogens with zero attached hydrogens (tertiary/aromatic N) is 1. The molecule has 4 rings (SSSR count). The molecule has 0 aromatic heterocycles. The summed E-state index contributed by atoms with van der Waals surface area (Å²) in [4.78, 5) is 25.2. The van der Waals surface area contributed by atoms with Crippen LogP contribution in [0.4, 0.5) is 11.4 Å². The van der Waals surface area contributed by atoms with Crippen molar-refractivity contribution in [1.82, 2.24) is 5.32 Å². The van der Waals surface area contributed by atoms with Crippen LogP contribution in [0.3, 0.4) is 0 Å². The molecular formula is C21H23N3O4S. The number of nitrogens with one attached hydrogen (secondary N) is 2. The Balaban J connectivity index is 1.56. The zero-order valence-electron chi connectivity index (χ0n) is 16.1. The van der Waals surface area contributed by atoms with E-state index in [0.717, 1.165) is 18.4 Å². The minimum absolute atomic E-state index is 0.197. The van der Waals surface area contributed by atoms with Crippen LogP contribution in [-0.4, -0.2) is 39.1 Å². The highest BCUT2D eigenvalue weighted by Gasteiger charge is 2.26.